The van der Waals surface area contributed by atoms with Crippen LogP contribution in [0.2, 0.25) is 5.02 Å². The van der Waals surface area contributed by atoms with E-state index in [1.165, 1.54) is 5.56 Å². The van der Waals surface area contributed by atoms with Crippen LogP contribution < -0.4 is 10.6 Å². The maximum absolute atomic E-state index is 6.22. The van der Waals surface area contributed by atoms with Gasteiger partial charge in [-0.15, -0.1) is 0 Å². The van der Waals surface area contributed by atoms with Gasteiger partial charge in [0.05, 0.1) is 0 Å². The molecule has 0 saturated heterocycles. The van der Waals surface area contributed by atoms with E-state index in [0.717, 1.165) is 34.9 Å². The lowest BCUT2D eigenvalue weighted by molar-refractivity contribution is 0.734. The SMILES string of the molecule is Cc1cc(CC(C)N)cnc1N(C)Cc1ccccc1Cl. The van der Waals surface area contributed by atoms with Gasteiger partial charge in [0.1, 0.15) is 5.82 Å². The van der Waals surface area contributed by atoms with Crippen LogP contribution in [0.25, 0.3) is 0 Å². The number of hydrogen-bond acceptors (Lipinski definition) is 3. The van der Waals surface area contributed by atoms with Crippen LogP contribution in [-0.2, 0) is 13.0 Å². The Kier molecular flexibility index (Phi) is 5.21. The van der Waals surface area contributed by atoms with Gasteiger partial charge in [0.2, 0.25) is 0 Å². The molecule has 2 aromatic rings. The highest BCUT2D eigenvalue weighted by molar-refractivity contribution is 6.31. The fourth-order valence-electron chi connectivity index (χ4n) is 2.47. The Morgan fingerprint density at radius 3 is 2.67 bits per heavy atom. The first-order valence-electron chi connectivity index (χ1n) is 7.13. The summed E-state index contributed by atoms with van der Waals surface area (Å²) in [6.07, 6.45) is 2.76. The monoisotopic (exact) mass is 303 g/mol. The van der Waals surface area contributed by atoms with Gasteiger partial charge in [0.25, 0.3) is 0 Å². The topological polar surface area (TPSA) is 42.1 Å². The molecular formula is C17H22ClN3. The van der Waals surface area contributed by atoms with Crippen LogP contribution in [0, 0.1) is 6.92 Å². The lowest BCUT2D eigenvalue weighted by Gasteiger charge is -2.21. The molecule has 0 aliphatic carbocycles. The Balaban J connectivity index is 2.16. The molecule has 0 saturated carbocycles. The molecule has 1 heterocycles. The summed E-state index contributed by atoms with van der Waals surface area (Å²) < 4.78 is 0. The Hall–Kier alpha value is -1.58. The van der Waals surface area contributed by atoms with E-state index in [9.17, 15) is 0 Å². The molecule has 1 aromatic heterocycles. The van der Waals surface area contributed by atoms with Gasteiger partial charge in [-0.2, -0.15) is 0 Å². The zero-order valence-corrected chi connectivity index (χ0v) is 13.6. The second-order valence-corrected chi connectivity index (χ2v) is 6.02. The maximum atomic E-state index is 6.22. The van der Waals surface area contributed by atoms with Crippen molar-refractivity contribution in [1.82, 2.24) is 4.98 Å². The van der Waals surface area contributed by atoms with Gasteiger partial charge in [-0.25, -0.2) is 4.98 Å². The number of pyridine rings is 1. The summed E-state index contributed by atoms with van der Waals surface area (Å²) in [5.41, 5.74) is 9.27. The molecule has 2 rings (SSSR count). The van der Waals surface area contributed by atoms with E-state index in [1.807, 2.05) is 44.4 Å². The molecular weight excluding hydrogens is 282 g/mol. The standard InChI is InChI=1S/C17H22ClN3/c1-12-8-14(9-13(2)19)10-20-17(12)21(3)11-15-6-4-5-7-16(15)18/h4-8,10,13H,9,11,19H2,1-3H3. The third-order valence-corrected chi connectivity index (χ3v) is 3.76. The fourth-order valence-corrected chi connectivity index (χ4v) is 2.66. The van der Waals surface area contributed by atoms with E-state index in [2.05, 4.69) is 22.9 Å². The number of halogens is 1. The predicted molar refractivity (Wildman–Crippen MR) is 89.9 cm³/mol. The Bertz CT molecular complexity index is 611. The van der Waals surface area contributed by atoms with E-state index < -0.39 is 0 Å². The van der Waals surface area contributed by atoms with Crippen LogP contribution in [0.1, 0.15) is 23.6 Å². The van der Waals surface area contributed by atoms with Crippen LogP contribution in [0.3, 0.4) is 0 Å². The van der Waals surface area contributed by atoms with Crippen molar-refractivity contribution in [2.45, 2.75) is 32.9 Å². The van der Waals surface area contributed by atoms with Crippen molar-refractivity contribution in [3.05, 3.63) is 58.2 Å². The maximum Gasteiger partial charge on any atom is 0.131 e. The molecule has 1 unspecified atom stereocenters. The number of benzene rings is 1. The molecule has 21 heavy (non-hydrogen) atoms. The fraction of sp³-hybridized carbons (Fsp3) is 0.353. The molecule has 4 heteroatoms. The van der Waals surface area contributed by atoms with Gasteiger partial charge in [0, 0.05) is 30.9 Å². The smallest absolute Gasteiger partial charge is 0.131 e. The van der Waals surface area contributed by atoms with Gasteiger partial charge in [-0.1, -0.05) is 35.9 Å². The molecule has 0 aliphatic rings. The molecule has 0 aliphatic heterocycles. The second-order valence-electron chi connectivity index (χ2n) is 5.61. The van der Waals surface area contributed by atoms with Crippen LogP contribution in [-0.4, -0.2) is 18.1 Å². The van der Waals surface area contributed by atoms with Crippen LogP contribution in [0.5, 0.6) is 0 Å². The van der Waals surface area contributed by atoms with E-state index in [-0.39, 0.29) is 6.04 Å². The average molecular weight is 304 g/mol. The highest BCUT2D eigenvalue weighted by Gasteiger charge is 2.10. The number of anilines is 1. The summed E-state index contributed by atoms with van der Waals surface area (Å²) in [6.45, 7) is 4.82. The first kappa shape index (κ1) is 15.8. The van der Waals surface area contributed by atoms with E-state index in [0.29, 0.717) is 0 Å². The second kappa shape index (κ2) is 6.92. The number of nitrogens with two attached hydrogens (primary N) is 1. The van der Waals surface area contributed by atoms with Gasteiger partial charge in [-0.3, -0.25) is 0 Å². The Morgan fingerprint density at radius 1 is 1.33 bits per heavy atom. The van der Waals surface area contributed by atoms with Gasteiger partial charge < -0.3 is 10.6 Å². The summed E-state index contributed by atoms with van der Waals surface area (Å²) >= 11 is 6.22. The number of rotatable bonds is 5. The normalized spacial score (nSPS) is 12.2. The largest absolute Gasteiger partial charge is 0.355 e. The molecule has 1 aromatic carbocycles. The number of hydrogen-bond donors (Lipinski definition) is 1. The van der Waals surface area contributed by atoms with E-state index in [1.54, 1.807) is 0 Å². The molecule has 112 valence electrons. The molecule has 0 spiro atoms. The zero-order valence-electron chi connectivity index (χ0n) is 12.8. The van der Waals surface area contributed by atoms with Crippen molar-refractivity contribution in [2.24, 2.45) is 5.73 Å². The Labute approximate surface area is 131 Å². The zero-order chi connectivity index (χ0) is 15.4. The molecule has 0 radical (unpaired) electrons. The van der Waals surface area contributed by atoms with Crippen molar-refractivity contribution >= 4 is 17.4 Å². The molecule has 3 nitrogen and oxygen atoms in total. The summed E-state index contributed by atoms with van der Waals surface area (Å²) in [5, 5.41) is 0.788. The number of aromatic nitrogens is 1. The summed E-state index contributed by atoms with van der Waals surface area (Å²) in [6, 6.07) is 10.2. The minimum absolute atomic E-state index is 0.151. The third kappa shape index (κ3) is 4.19. The van der Waals surface area contributed by atoms with Crippen molar-refractivity contribution in [1.29, 1.82) is 0 Å². The predicted octanol–water partition coefficient (Wildman–Crippen LogP) is 3.57. The average Bonchev–Trinajstić information content (AvgIpc) is 2.40. The lowest BCUT2D eigenvalue weighted by Crippen LogP contribution is -2.20. The first-order valence-corrected chi connectivity index (χ1v) is 7.51. The lowest BCUT2D eigenvalue weighted by atomic mass is 10.1. The molecule has 1 atom stereocenters. The minimum atomic E-state index is 0.151. The van der Waals surface area contributed by atoms with Crippen LogP contribution in [0.15, 0.2) is 36.5 Å². The van der Waals surface area contributed by atoms with Crippen LogP contribution >= 0.6 is 11.6 Å². The van der Waals surface area contributed by atoms with Gasteiger partial charge in [-0.05, 0) is 43.0 Å². The minimum Gasteiger partial charge on any atom is -0.355 e. The van der Waals surface area contributed by atoms with Gasteiger partial charge >= 0.3 is 0 Å². The van der Waals surface area contributed by atoms with Crippen LogP contribution in [0.4, 0.5) is 5.82 Å². The highest BCUT2D eigenvalue weighted by Crippen LogP contribution is 2.22. The number of aryl methyl sites for hydroxylation is 1. The number of nitrogens with zero attached hydrogens (tertiary/aromatic N) is 2. The van der Waals surface area contributed by atoms with Crippen molar-refractivity contribution in [3.8, 4) is 0 Å². The third-order valence-electron chi connectivity index (χ3n) is 3.39. The molecule has 0 bridgehead atoms. The quantitative estimate of drug-likeness (QED) is 0.918. The summed E-state index contributed by atoms with van der Waals surface area (Å²) in [5.74, 6) is 0.975. The highest BCUT2D eigenvalue weighted by atomic mass is 35.5. The Morgan fingerprint density at radius 2 is 2.05 bits per heavy atom. The molecule has 0 amide bonds. The van der Waals surface area contributed by atoms with Crippen molar-refractivity contribution in [3.63, 3.8) is 0 Å². The van der Waals surface area contributed by atoms with Gasteiger partial charge in [0.15, 0.2) is 0 Å². The van der Waals surface area contributed by atoms with Crippen molar-refractivity contribution in [2.75, 3.05) is 11.9 Å². The summed E-state index contributed by atoms with van der Waals surface area (Å²) in [4.78, 5) is 6.70. The van der Waals surface area contributed by atoms with Crippen molar-refractivity contribution < 1.29 is 0 Å². The first-order chi connectivity index (χ1) is 9.97. The van der Waals surface area contributed by atoms with E-state index in [4.69, 9.17) is 17.3 Å². The molecule has 2 N–H and O–H groups in total. The molecule has 0 fully saturated rings. The van der Waals surface area contributed by atoms with E-state index >= 15 is 0 Å². The summed E-state index contributed by atoms with van der Waals surface area (Å²) in [7, 11) is 2.03.